The number of carbonyl (C=O) groups excluding carboxylic acids is 1. The van der Waals surface area contributed by atoms with Gasteiger partial charge in [-0.2, -0.15) is 4.98 Å². The smallest absolute Gasteiger partial charge is 0.345 e. The normalized spacial score (nSPS) is 13.8. The van der Waals surface area contributed by atoms with E-state index in [0.29, 0.717) is 37.8 Å². The number of hydrogen-bond donors (Lipinski definition) is 0. The van der Waals surface area contributed by atoms with Crippen molar-refractivity contribution in [2.45, 2.75) is 6.61 Å². The number of nitro benzene ring substituents is 1. The average molecular weight is 410 g/mol. The summed E-state index contributed by atoms with van der Waals surface area (Å²) in [5.41, 5.74) is 0.993. The second-order valence-corrected chi connectivity index (χ2v) is 6.51. The standard InChI is InChI=1S/C20H18N4O6/c25-20(29-13-18-21-19(22-30-18)14-4-2-1-3-5-14)16-12-15(6-7-17(16)24(26)27)23-8-10-28-11-9-23/h1-7,12H,8-11,13H2. The SMILES string of the molecule is O=C(OCc1nc(-c2ccccc2)no1)c1cc(N2CCOCC2)ccc1[N+](=O)[O-]. The zero-order chi connectivity index (χ0) is 20.9. The summed E-state index contributed by atoms with van der Waals surface area (Å²) in [6.45, 7) is 2.08. The molecule has 0 unspecified atom stereocenters. The molecular formula is C20H18N4O6. The Labute approximate surface area is 171 Å². The van der Waals surface area contributed by atoms with Crippen LogP contribution in [-0.4, -0.2) is 47.3 Å². The Morgan fingerprint density at radius 2 is 1.93 bits per heavy atom. The van der Waals surface area contributed by atoms with Crippen molar-refractivity contribution >= 4 is 17.3 Å². The van der Waals surface area contributed by atoms with Crippen LogP contribution < -0.4 is 4.90 Å². The van der Waals surface area contributed by atoms with Gasteiger partial charge >= 0.3 is 5.97 Å². The molecule has 1 aliphatic rings. The summed E-state index contributed by atoms with van der Waals surface area (Å²) in [6, 6.07) is 13.6. The summed E-state index contributed by atoms with van der Waals surface area (Å²) >= 11 is 0. The number of nitro groups is 1. The number of hydrogen-bond acceptors (Lipinski definition) is 9. The second-order valence-electron chi connectivity index (χ2n) is 6.51. The van der Waals surface area contributed by atoms with Crippen molar-refractivity contribution in [2.75, 3.05) is 31.2 Å². The molecule has 0 radical (unpaired) electrons. The Kier molecular flexibility index (Phi) is 5.66. The minimum Gasteiger partial charge on any atom is -0.452 e. The Balaban J connectivity index is 1.49. The average Bonchev–Trinajstić information content (AvgIpc) is 3.27. The predicted octanol–water partition coefficient (Wildman–Crippen LogP) is 2.84. The molecule has 2 aromatic carbocycles. The van der Waals surface area contributed by atoms with Crippen LogP contribution in [0.4, 0.5) is 11.4 Å². The highest BCUT2D eigenvalue weighted by molar-refractivity contribution is 5.95. The molecule has 1 fully saturated rings. The lowest BCUT2D eigenvalue weighted by Gasteiger charge is -2.29. The van der Waals surface area contributed by atoms with Gasteiger partial charge in [0.15, 0.2) is 6.61 Å². The van der Waals surface area contributed by atoms with Gasteiger partial charge in [-0.25, -0.2) is 4.79 Å². The van der Waals surface area contributed by atoms with E-state index in [-0.39, 0.29) is 23.7 Å². The van der Waals surface area contributed by atoms with Crippen molar-refractivity contribution in [3.63, 3.8) is 0 Å². The molecule has 0 spiro atoms. The maximum absolute atomic E-state index is 12.6. The van der Waals surface area contributed by atoms with E-state index in [1.165, 1.54) is 12.1 Å². The van der Waals surface area contributed by atoms with Crippen LogP contribution in [0.3, 0.4) is 0 Å². The third-order valence-electron chi connectivity index (χ3n) is 4.60. The molecule has 1 aromatic heterocycles. The van der Waals surface area contributed by atoms with Crippen LogP contribution in [0.2, 0.25) is 0 Å². The van der Waals surface area contributed by atoms with Gasteiger partial charge in [0.2, 0.25) is 5.82 Å². The van der Waals surface area contributed by atoms with Gasteiger partial charge in [0.25, 0.3) is 11.6 Å². The van der Waals surface area contributed by atoms with Gasteiger partial charge in [0, 0.05) is 30.4 Å². The number of nitrogens with zero attached hydrogens (tertiary/aromatic N) is 4. The molecule has 10 heteroatoms. The summed E-state index contributed by atoms with van der Waals surface area (Å²) in [5, 5.41) is 15.2. The maximum Gasteiger partial charge on any atom is 0.345 e. The van der Waals surface area contributed by atoms with E-state index in [1.807, 2.05) is 35.2 Å². The van der Waals surface area contributed by atoms with Crippen LogP contribution in [0.1, 0.15) is 16.2 Å². The fraction of sp³-hybridized carbons (Fsp3) is 0.250. The van der Waals surface area contributed by atoms with Crippen molar-refractivity contribution < 1.29 is 23.7 Å². The summed E-state index contributed by atoms with van der Waals surface area (Å²) in [6.07, 6.45) is 0. The predicted molar refractivity (Wildman–Crippen MR) is 105 cm³/mol. The number of morpholine rings is 1. The second kappa shape index (κ2) is 8.70. The van der Waals surface area contributed by atoms with E-state index < -0.39 is 10.9 Å². The first-order valence-electron chi connectivity index (χ1n) is 9.28. The van der Waals surface area contributed by atoms with E-state index in [4.69, 9.17) is 14.0 Å². The number of carbonyl (C=O) groups is 1. The van der Waals surface area contributed by atoms with E-state index in [0.717, 1.165) is 5.56 Å². The van der Waals surface area contributed by atoms with E-state index in [2.05, 4.69) is 10.1 Å². The molecule has 0 bridgehead atoms. The molecule has 3 aromatic rings. The highest BCUT2D eigenvalue weighted by Crippen LogP contribution is 2.27. The van der Waals surface area contributed by atoms with Crippen LogP contribution >= 0.6 is 0 Å². The van der Waals surface area contributed by atoms with Crippen molar-refractivity contribution in [2.24, 2.45) is 0 Å². The van der Waals surface area contributed by atoms with E-state index in [9.17, 15) is 14.9 Å². The third kappa shape index (κ3) is 4.28. The van der Waals surface area contributed by atoms with Crippen molar-refractivity contribution in [3.8, 4) is 11.4 Å². The fourth-order valence-corrected chi connectivity index (χ4v) is 3.09. The molecule has 10 nitrogen and oxygen atoms in total. The number of rotatable bonds is 6. The van der Waals surface area contributed by atoms with Crippen LogP contribution in [-0.2, 0) is 16.1 Å². The summed E-state index contributed by atoms with van der Waals surface area (Å²) in [4.78, 5) is 29.5. The lowest BCUT2D eigenvalue weighted by Crippen LogP contribution is -2.36. The largest absolute Gasteiger partial charge is 0.452 e. The number of anilines is 1. The molecule has 2 heterocycles. The summed E-state index contributed by atoms with van der Waals surface area (Å²) < 4.78 is 15.6. The quantitative estimate of drug-likeness (QED) is 0.343. The Bertz CT molecular complexity index is 1050. The van der Waals surface area contributed by atoms with Gasteiger partial charge in [-0.15, -0.1) is 0 Å². The van der Waals surface area contributed by atoms with Crippen molar-refractivity contribution in [1.82, 2.24) is 10.1 Å². The Hall–Kier alpha value is -3.79. The molecular weight excluding hydrogens is 392 g/mol. The molecule has 1 saturated heterocycles. The minimum absolute atomic E-state index is 0.0918. The van der Waals surface area contributed by atoms with Crippen LogP contribution in [0.5, 0.6) is 0 Å². The number of aromatic nitrogens is 2. The van der Waals surface area contributed by atoms with Gasteiger partial charge in [0.1, 0.15) is 5.56 Å². The van der Waals surface area contributed by atoms with Crippen molar-refractivity contribution in [1.29, 1.82) is 0 Å². The molecule has 0 amide bonds. The topological polar surface area (TPSA) is 121 Å². The zero-order valence-electron chi connectivity index (χ0n) is 15.9. The molecule has 0 N–H and O–H groups in total. The first kappa shape index (κ1) is 19.5. The minimum atomic E-state index is -0.837. The molecule has 4 rings (SSSR count). The van der Waals surface area contributed by atoms with Crippen LogP contribution in [0.15, 0.2) is 53.1 Å². The first-order chi connectivity index (χ1) is 14.6. The summed E-state index contributed by atoms with van der Waals surface area (Å²) in [5.74, 6) is -0.382. The zero-order valence-corrected chi connectivity index (χ0v) is 15.9. The molecule has 0 aliphatic carbocycles. The van der Waals surface area contributed by atoms with Crippen LogP contribution in [0.25, 0.3) is 11.4 Å². The monoisotopic (exact) mass is 410 g/mol. The number of benzene rings is 2. The third-order valence-corrected chi connectivity index (χ3v) is 4.60. The number of esters is 1. The van der Waals surface area contributed by atoms with E-state index >= 15 is 0 Å². The van der Waals surface area contributed by atoms with Gasteiger partial charge in [-0.1, -0.05) is 35.5 Å². The molecule has 0 atom stereocenters. The Morgan fingerprint density at radius 1 is 1.17 bits per heavy atom. The van der Waals surface area contributed by atoms with E-state index in [1.54, 1.807) is 6.07 Å². The summed E-state index contributed by atoms with van der Waals surface area (Å²) in [7, 11) is 0. The Morgan fingerprint density at radius 3 is 2.67 bits per heavy atom. The van der Waals surface area contributed by atoms with Gasteiger partial charge in [-0.3, -0.25) is 10.1 Å². The number of ether oxygens (including phenoxy) is 2. The molecule has 0 saturated carbocycles. The van der Waals surface area contributed by atoms with Gasteiger partial charge in [0.05, 0.1) is 18.1 Å². The fourth-order valence-electron chi connectivity index (χ4n) is 3.09. The maximum atomic E-state index is 12.6. The first-order valence-corrected chi connectivity index (χ1v) is 9.28. The van der Waals surface area contributed by atoms with Crippen LogP contribution in [0, 0.1) is 10.1 Å². The van der Waals surface area contributed by atoms with Crippen molar-refractivity contribution in [3.05, 3.63) is 70.1 Å². The molecule has 30 heavy (non-hydrogen) atoms. The highest BCUT2D eigenvalue weighted by atomic mass is 16.6. The van der Waals surface area contributed by atoms with Gasteiger partial charge in [-0.05, 0) is 12.1 Å². The molecule has 154 valence electrons. The molecule has 1 aliphatic heterocycles. The highest BCUT2D eigenvalue weighted by Gasteiger charge is 2.24. The lowest BCUT2D eigenvalue weighted by atomic mass is 10.1. The lowest BCUT2D eigenvalue weighted by molar-refractivity contribution is -0.385. The van der Waals surface area contributed by atoms with Gasteiger partial charge < -0.3 is 18.9 Å².